The Bertz CT molecular complexity index is 361. The summed E-state index contributed by atoms with van der Waals surface area (Å²) in [6.45, 7) is 0.420. The lowest BCUT2D eigenvalue weighted by molar-refractivity contribution is -0.184. The van der Waals surface area contributed by atoms with E-state index in [1.165, 1.54) is 0 Å². The molecule has 1 fully saturated rings. The normalized spacial score (nSPS) is 24.8. The number of aromatic nitrogens is 2. The highest BCUT2D eigenvalue weighted by atomic mass is 19.4. The van der Waals surface area contributed by atoms with E-state index in [4.69, 9.17) is 4.74 Å². The number of ether oxygens (including phenoxy) is 1. The van der Waals surface area contributed by atoms with Crippen LogP contribution in [0.3, 0.4) is 0 Å². The first-order valence-electron chi connectivity index (χ1n) is 6.03. The molecule has 0 unspecified atom stereocenters. The number of hydrogen-bond acceptors (Lipinski definition) is 3. The standard InChI is InChI=1S/C12H15F3N2O/c13-12(14,15)10-5-3-9(4-6-10)8-18-11-2-1-7-16-17-11/h1-2,7,9-10H,3-6,8H2. The average molecular weight is 260 g/mol. The van der Waals surface area contributed by atoms with E-state index >= 15 is 0 Å². The fourth-order valence-electron chi connectivity index (χ4n) is 2.22. The molecule has 1 aliphatic carbocycles. The second kappa shape index (κ2) is 5.54. The molecule has 1 aromatic rings. The Kier molecular flexibility index (Phi) is 4.04. The van der Waals surface area contributed by atoms with Gasteiger partial charge in [0, 0.05) is 12.3 Å². The predicted octanol–water partition coefficient (Wildman–Crippen LogP) is 3.22. The first kappa shape index (κ1) is 13.1. The van der Waals surface area contributed by atoms with Crippen molar-refractivity contribution in [2.24, 2.45) is 11.8 Å². The molecule has 0 saturated heterocycles. The fraction of sp³-hybridized carbons (Fsp3) is 0.667. The van der Waals surface area contributed by atoms with Crippen LogP contribution >= 0.6 is 0 Å². The highest BCUT2D eigenvalue weighted by Crippen LogP contribution is 2.39. The van der Waals surface area contributed by atoms with Crippen LogP contribution in [0.15, 0.2) is 18.3 Å². The minimum atomic E-state index is -4.04. The maximum absolute atomic E-state index is 12.5. The Morgan fingerprint density at radius 1 is 1.22 bits per heavy atom. The molecule has 0 amide bonds. The van der Waals surface area contributed by atoms with E-state index < -0.39 is 12.1 Å². The van der Waals surface area contributed by atoms with Gasteiger partial charge in [-0.2, -0.15) is 18.3 Å². The quantitative estimate of drug-likeness (QED) is 0.837. The van der Waals surface area contributed by atoms with Gasteiger partial charge in [-0.1, -0.05) is 0 Å². The summed E-state index contributed by atoms with van der Waals surface area (Å²) in [6, 6.07) is 3.40. The van der Waals surface area contributed by atoms with Gasteiger partial charge in [0.2, 0.25) is 5.88 Å². The maximum atomic E-state index is 12.5. The van der Waals surface area contributed by atoms with Crippen LogP contribution in [0, 0.1) is 11.8 Å². The van der Waals surface area contributed by atoms with Gasteiger partial charge < -0.3 is 4.74 Å². The highest BCUT2D eigenvalue weighted by Gasteiger charge is 2.41. The fourth-order valence-corrected chi connectivity index (χ4v) is 2.22. The van der Waals surface area contributed by atoms with E-state index in [2.05, 4.69) is 10.2 Å². The summed E-state index contributed by atoms with van der Waals surface area (Å²) in [4.78, 5) is 0. The van der Waals surface area contributed by atoms with Crippen LogP contribution in [0.4, 0.5) is 13.2 Å². The summed E-state index contributed by atoms with van der Waals surface area (Å²) in [5.74, 6) is -0.522. The molecule has 18 heavy (non-hydrogen) atoms. The van der Waals surface area contributed by atoms with Crippen molar-refractivity contribution in [3.05, 3.63) is 18.3 Å². The first-order valence-corrected chi connectivity index (χ1v) is 6.03. The van der Waals surface area contributed by atoms with E-state index in [-0.39, 0.29) is 18.8 Å². The Balaban J connectivity index is 1.74. The van der Waals surface area contributed by atoms with Crippen LogP contribution in [0.2, 0.25) is 0 Å². The summed E-state index contributed by atoms with van der Waals surface area (Å²) in [6.07, 6.45) is -0.969. The van der Waals surface area contributed by atoms with Crippen LogP contribution < -0.4 is 4.74 Å². The van der Waals surface area contributed by atoms with Crippen LogP contribution in [-0.2, 0) is 0 Å². The number of rotatable bonds is 3. The van der Waals surface area contributed by atoms with Crippen molar-refractivity contribution >= 4 is 0 Å². The van der Waals surface area contributed by atoms with Gasteiger partial charge in [-0.25, -0.2) is 0 Å². The Hall–Kier alpha value is -1.33. The van der Waals surface area contributed by atoms with Crippen LogP contribution in [0.5, 0.6) is 5.88 Å². The van der Waals surface area contributed by atoms with Gasteiger partial charge in [0.05, 0.1) is 12.5 Å². The number of hydrogen-bond donors (Lipinski definition) is 0. The highest BCUT2D eigenvalue weighted by molar-refractivity contribution is 5.05. The van der Waals surface area contributed by atoms with Crippen molar-refractivity contribution in [3.8, 4) is 5.88 Å². The molecule has 6 heteroatoms. The Morgan fingerprint density at radius 2 is 1.94 bits per heavy atom. The third kappa shape index (κ3) is 3.58. The van der Waals surface area contributed by atoms with Crippen LogP contribution in [0.25, 0.3) is 0 Å². The average Bonchev–Trinajstić information content (AvgIpc) is 2.37. The number of alkyl halides is 3. The first-order chi connectivity index (χ1) is 8.55. The number of halogens is 3. The molecule has 100 valence electrons. The summed E-state index contributed by atoms with van der Waals surface area (Å²) in [7, 11) is 0. The zero-order valence-electron chi connectivity index (χ0n) is 9.86. The molecule has 1 aliphatic rings. The summed E-state index contributed by atoms with van der Waals surface area (Å²) in [5.41, 5.74) is 0. The van der Waals surface area contributed by atoms with Gasteiger partial charge in [0.25, 0.3) is 0 Å². The number of nitrogens with zero attached hydrogens (tertiary/aromatic N) is 2. The molecule has 3 nitrogen and oxygen atoms in total. The van der Waals surface area contributed by atoms with E-state index in [1.807, 2.05) is 0 Å². The van der Waals surface area contributed by atoms with E-state index in [0.717, 1.165) is 0 Å². The third-order valence-electron chi connectivity index (χ3n) is 3.32. The molecule has 0 atom stereocenters. The van der Waals surface area contributed by atoms with E-state index in [0.29, 0.717) is 25.3 Å². The van der Waals surface area contributed by atoms with Crippen molar-refractivity contribution in [1.29, 1.82) is 0 Å². The Morgan fingerprint density at radius 3 is 2.50 bits per heavy atom. The third-order valence-corrected chi connectivity index (χ3v) is 3.32. The van der Waals surface area contributed by atoms with Crippen molar-refractivity contribution in [2.45, 2.75) is 31.9 Å². The zero-order valence-corrected chi connectivity index (χ0v) is 9.86. The molecular weight excluding hydrogens is 245 g/mol. The molecule has 1 aromatic heterocycles. The predicted molar refractivity (Wildman–Crippen MR) is 59.0 cm³/mol. The lowest BCUT2D eigenvalue weighted by Crippen LogP contribution is -2.29. The SMILES string of the molecule is FC(F)(F)C1CCC(COc2cccnn2)CC1. The molecule has 2 rings (SSSR count). The molecule has 1 saturated carbocycles. The molecule has 0 spiro atoms. The van der Waals surface area contributed by atoms with Gasteiger partial charge in [-0.3, -0.25) is 0 Å². The van der Waals surface area contributed by atoms with Crippen LogP contribution in [0.1, 0.15) is 25.7 Å². The molecule has 0 aromatic carbocycles. The van der Waals surface area contributed by atoms with Crippen molar-refractivity contribution in [1.82, 2.24) is 10.2 Å². The van der Waals surface area contributed by atoms with Crippen LogP contribution in [-0.4, -0.2) is 23.0 Å². The molecule has 0 radical (unpaired) electrons. The molecular formula is C12H15F3N2O. The summed E-state index contributed by atoms with van der Waals surface area (Å²) < 4.78 is 42.8. The van der Waals surface area contributed by atoms with Gasteiger partial charge in [0.15, 0.2) is 0 Å². The second-order valence-electron chi connectivity index (χ2n) is 4.63. The summed E-state index contributed by atoms with van der Waals surface area (Å²) in [5, 5.41) is 7.43. The molecule has 0 N–H and O–H groups in total. The van der Waals surface area contributed by atoms with Gasteiger partial charge in [0.1, 0.15) is 0 Å². The van der Waals surface area contributed by atoms with Crippen molar-refractivity contribution in [3.63, 3.8) is 0 Å². The van der Waals surface area contributed by atoms with Gasteiger partial charge >= 0.3 is 6.18 Å². The van der Waals surface area contributed by atoms with Crippen molar-refractivity contribution in [2.75, 3.05) is 6.61 Å². The minimum absolute atomic E-state index is 0.186. The lowest BCUT2D eigenvalue weighted by atomic mass is 9.82. The van der Waals surface area contributed by atoms with Crippen molar-refractivity contribution < 1.29 is 17.9 Å². The summed E-state index contributed by atoms with van der Waals surface area (Å²) >= 11 is 0. The maximum Gasteiger partial charge on any atom is 0.391 e. The monoisotopic (exact) mass is 260 g/mol. The smallest absolute Gasteiger partial charge is 0.391 e. The second-order valence-corrected chi connectivity index (χ2v) is 4.63. The molecule has 1 heterocycles. The lowest BCUT2D eigenvalue weighted by Gasteiger charge is -2.29. The van der Waals surface area contributed by atoms with E-state index in [1.54, 1.807) is 18.3 Å². The van der Waals surface area contributed by atoms with Gasteiger partial charge in [-0.05, 0) is 37.7 Å². The van der Waals surface area contributed by atoms with E-state index in [9.17, 15) is 13.2 Å². The largest absolute Gasteiger partial charge is 0.476 e. The topological polar surface area (TPSA) is 35.0 Å². The van der Waals surface area contributed by atoms with Gasteiger partial charge in [-0.15, -0.1) is 5.10 Å². The molecule has 0 aliphatic heterocycles. The zero-order chi connectivity index (χ0) is 13.0. The molecule has 0 bridgehead atoms. The minimum Gasteiger partial charge on any atom is -0.476 e. The Labute approximate surface area is 103 Å².